The van der Waals surface area contributed by atoms with Gasteiger partial charge in [-0.15, -0.1) is 0 Å². The number of carbonyl (C=O) groups is 2. The standard InChI is InChI=1S/C18H26N4O4/c1-18(2,3)26-17(24)22-9-8-19-11-14(22)12-4-7-15(20-10-12)21-16(23)25-13-5-6-13/h4,7,10,13-14,19H,5-6,8-9,11H2,1-3H3,(H,20,21,23). The van der Waals surface area contributed by atoms with Crippen molar-refractivity contribution in [1.82, 2.24) is 15.2 Å². The van der Waals surface area contributed by atoms with Gasteiger partial charge in [0, 0.05) is 25.8 Å². The van der Waals surface area contributed by atoms with Gasteiger partial charge in [0.1, 0.15) is 17.5 Å². The molecule has 2 aliphatic rings. The number of amides is 2. The van der Waals surface area contributed by atoms with Gasteiger partial charge < -0.3 is 14.8 Å². The topological polar surface area (TPSA) is 92.8 Å². The molecule has 26 heavy (non-hydrogen) atoms. The summed E-state index contributed by atoms with van der Waals surface area (Å²) >= 11 is 0. The molecular weight excluding hydrogens is 336 g/mol. The predicted octanol–water partition coefficient (Wildman–Crippen LogP) is 2.67. The van der Waals surface area contributed by atoms with E-state index in [1.54, 1.807) is 17.2 Å². The van der Waals surface area contributed by atoms with E-state index in [0.717, 1.165) is 24.9 Å². The maximum Gasteiger partial charge on any atom is 0.413 e. The fourth-order valence-corrected chi connectivity index (χ4v) is 2.69. The second-order valence-corrected chi connectivity index (χ2v) is 7.60. The number of piperazine rings is 1. The van der Waals surface area contributed by atoms with Gasteiger partial charge in [0.25, 0.3) is 0 Å². The van der Waals surface area contributed by atoms with Gasteiger partial charge in [-0.3, -0.25) is 10.2 Å². The Morgan fingerprint density at radius 3 is 2.69 bits per heavy atom. The molecule has 2 amide bonds. The molecule has 1 unspecified atom stereocenters. The molecule has 0 radical (unpaired) electrons. The van der Waals surface area contributed by atoms with Crippen LogP contribution < -0.4 is 10.6 Å². The smallest absolute Gasteiger partial charge is 0.413 e. The van der Waals surface area contributed by atoms with Crippen molar-refractivity contribution >= 4 is 18.0 Å². The molecule has 2 N–H and O–H groups in total. The summed E-state index contributed by atoms with van der Waals surface area (Å²) in [5.74, 6) is 0.423. The maximum absolute atomic E-state index is 12.5. The molecule has 0 spiro atoms. The fourth-order valence-electron chi connectivity index (χ4n) is 2.69. The highest BCUT2D eigenvalue weighted by atomic mass is 16.6. The summed E-state index contributed by atoms with van der Waals surface area (Å²) < 4.78 is 10.7. The van der Waals surface area contributed by atoms with Crippen LogP contribution in [-0.2, 0) is 9.47 Å². The number of rotatable bonds is 3. The maximum atomic E-state index is 12.5. The van der Waals surface area contributed by atoms with Crippen LogP contribution in [0.2, 0.25) is 0 Å². The summed E-state index contributed by atoms with van der Waals surface area (Å²) in [5, 5.41) is 5.90. The van der Waals surface area contributed by atoms with Crippen molar-refractivity contribution in [3.63, 3.8) is 0 Å². The molecule has 1 aliphatic heterocycles. The van der Waals surface area contributed by atoms with E-state index >= 15 is 0 Å². The summed E-state index contributed by atoms with van der Waals surface area (Å²) in [5.41, 5.74) is 0.338. The minimum atomic E-state index is -0.541. The van der Waals surface area contributed by atoms with Crippen LogP contribution in [-0.4, -0.2) is 53.4 Å². The van der Waals surface area contributed by atoms with Crippen LogP contribution in [0.1, 0.15) is 45.2 Å². The van der Waals surface area contributed by atoms with Crippen LogP contribution in [0.25, 0.3) is 0 Å². The number of hydrogen-bond donors (Lipinski definition) is 2. The highest BCUT2D eigenvalue weighted by molar-refractivity contribution is 5.83. The van der Waals surface area contributed by atoms with Crippen LogP contribution in [0.5, 0.6) is 0 Å². The SMILES string of the molecule is CC(C)(C)OC(=O)N1CCNCC1c1ccc(NC(=O)OC2CC2)nc1. The zero-order valence-corrected chi connectivity index (χ0v) is 15.4. The van der Waals surface area contributed by atoms with Gasteiger partial charge in [-0.1, -0.05) is 6.07 Å². The Balaban J connectivity index is 1.65. The summed E-state index contributed by atoms with van der Waals surface area (Å²) in [6.45, 7) is 7.46. The van der Waals surface area contributed by atoms with Gasteiger partial charge in [-0.05, 0) is 45.2 Å². The van der Waals surface area contributed by atoms with Gasteiger partial charge >= 0.3 is 12.2 Å². The first-order valence-corrected chi connectivity index (χ1v) is 8.96. The second kappa shape index (κ2) is 7.49. The van der Waals surface area contributed by atoms with Crippen LogP contribution in [0, 0.1) is 0 Å². The van der Waals surface area contributed by atoms with Gasteiger partial charge in [0.15, 0.2) is 0 Å². The van der Waals surface area contributed by atoms with Crippen molar-refractivity contribution in [3.05, 3.63) is 23.9 Å². The third kappa shape index (κ3) is 5.08. The van der Waals surface area contributed by atoms with E-state index in [0.29, 0.717) is 18.9 Å². The summed E-state index contributed by atoms with van der Waals surface area (Å²) in [4.78, 5) is 30.2. The Morgan fingerprint density at radius 2 is 2.08 bits per heavy atom. The highest BCUT2D eigenvalue weighted by Crippen LogP contribution is 2.26. The van der Waals surface area contributed by atoms with Crippen LogP contribution in [0.15, 0.2) is 18.3 Å². The van der Waals surface area contributed by atoms with Crippen LogP contribution in [0.4, 0.5) is 15.4 Å². The molecule has 3 rings (SSSR count). The molecule has 0 aromatic carbocycles. The molecule has 1 atom stereocenters. The molecule has 142 valence electrons. The van der Waals surface area contributed by atoms with Crippen LogP contribution >= 0.6 is 0 Å². The zero-order valence-electron chi connectivity index (χ0n) is 15.4. The third-order valence-corrected chi connectivity index (χ3v) is 4.07. The van der Waals surface area contributed by atoms with Crippen molar-refractivity contribution in [2.75, 3.05) is 25.0 Å². The number of aromatic nitrogens is 1. The predicted molar refractivity (Wildman–Crippen MR) is 95.9 cm³/mol. The monoisotopic (exact) mass is 362 g/mol. The van der Waals surface area contributed by atoms with E-state index < -0.39 is 11.7 Å². The molecular formula is C18H26N4O4. The average Bonchev–Trinajstić information content (AvgIpc) is 3.38. The molecule has 2 fully saturated rings. The second-order valence-electron chi connectivity index (χ2n) is 7.60. The first kappa shape index (κ1) is 18.4. The van der Waals surface area contributed by atoms with Gasteiger partial charge in [-0.2, -0.15) is 0 Å². The average molecular weight is 362 g/mol. The third-order valence-electron chi connectivity index (χ3n) is 4.07. The number of anilines is 1. The normalized spacial score (nSPS) is 20.4. The molecule has 1 aliphatic carbocycles. The molecule has 1 saturated heterocycles. The Bertz CT molecular complexity index is 652. The van der Waals surface area contributed by atoms with Gasteiger partial charge in [0.2, 0.25) is 0 Å². The van der Waals surface area contributed by atoms with E-state index in [9.17, 15) is 9.59 Å². The molecule has 8 heteroatoms. The summed E-state index contributed by atoms with van der Waals surface area (Å²) in [7, 11) is 0. The number of ether oxygens (including phenoxy) is 2. The molecule has 1 aromatic rings. The van der Waals surface area contributed by atoms with Crippen molar-refractivity contribution in [2.45, 2.75) is 51.4 Å². The zero-order chi connectivity index (χ0) is 18.7. The lowest BCUT2D eigenvalue weighted by molar-refractivity contribution is 0.0117. The number of pyridine rings is 1. The number of nitrogens with one attached hydrogen (secondary N) is 2. The lowest BCUT2D eigenvalue weighted by Gasteiger charge is -2.37. The Kier molecular flexibility index (Phi) is 5.31. The Hall–Kier alpha value is -2.35. The van der Waals surface area contributed by atoms with E-state index in [1.807, 2.05) is 26.8 Å². The lowest BCUT2D eigenvalue weighted by Crippen LogP contribution is -2.50. The molecule has 2 heterocycles. The fraction of sp³-hybridized carbons (Fsp3) is 0.611. The molecule has 1 aromatic heterocycles. The van der Waals surface area contributed by atoms with Crippen molar-refractivity contribution in [2.24, 2.45) is 0 Å². The van der Waals surface area contributed by atoms with Crippen molar-refractivity contribution < 1.29 is 19.1 Å². The minimum Gasteiger partial charge on any atom is -0.446 e. The number of carbonyl (C=O) groups excluding carboxylic acids is 2. The lowest BCUT2D eigenvalue weighted by atomic mass is 10.1. The highest BCUT2D eigenvalue weighted by Gasteiger charge is 2.31. The van der Waals surface area contributed by atoms with Gasteiger partial charge in [-0.25, -0.2) is 14.6 Å². The summed E-state index contributed by atoms with van der Waals surface area (Å²) in [6, 6.07) is 3.40. The first-order chi connectivity index (χ1) is 12.3. The van der Waals surface area contributed by atoms with E-state index in [2.05, 4.69) is 15.6 Å². The largest absolute Gasteiger partial charge is 0.446 e. The van der Waals surface area contributed by atoms with E-state index in [1.165, 1.54) is 0 Å². The van der Waals surface area contributed by atoms with Crippen molar-refractivity contribution in [3.8, 4) is 0 Å². The van der Waals surface area contributed by atoms with Crippen LogP contribution in [0.3, 0.4) is 0 Å². The van der Waals surface area contributed by atoms with E-state index in [4.69, 9.17) is 9.47 Å². The minimum absolute atomic E-state index is 0.0463. The van der Waals surface area contributed by atoms with Gasteiger partial charge in [0.05, 0.1) is 6.04 Å². The Labute approximate surface area is 153 Å². The Morgan fingerprint density at radius 1 is 1.31 bits per heavy atom. The summed E-state index contributed by atoms with van der Waals surface area (Å²) in [6.07, 6.45) is 2.75. The molecule has 8 nitrogen and oxygen atoms in total. The molecule has 1 saturated carbocycles. The quantitative estimate of drug-likeness (QED) is 0.859. The van der Waals surface area contributed by atoms with E-state index in [-0.39, 0.29) is 18.2 Å². The number of hydrogen-bond acceptors (Lipinski definition) is 6. The first-order valence-electron chi connectivity index (χ1n) is 8.96. The number of nitrogens with zero attached hydrogens (tertiary/aromatic N) is 2. The van der Waals surface area contributed by atoms with Crippen molar-refractivity contribution in [1.29, 1.82) is 0 Å². The molecule has 0 bridgehead atoms.